The van der Waals surface area contributed by atoms with E-state index >= 15 is 0 Å². The first-order valence-electron chi connectivity index (χ1n) is 7.14. The van der Waals surface area contributed by atoms with Crippen LogP contribution in [0.15, 0.2) is 64.3 Å². The van der Waals surface area contributed by atoms with Crippen molar-refractivity contribution in [2.24, 2.45) is 0 Å². The number of nitrogens with zero attached hydrogens (tertiary/aromatic N) is 1. The van der Waals surface area contributed by atoms with Crippen LogP contribution < -0.4 is 16.6 Å². The van der Waals surface area contributed by atoms with E-state index in [-0.39, 0.29) is 16.9 Å². The Morgan fingerprint density at radius 1 is 1.00 bits per heavy atom. The van der Waals surface area contributed by atoms with Gasteiger partial charge >= 0.3 is 5.69 Å². The van der Waals surface area contributed by atoms with Gasteiger partial charge in [0.05, 0.1) is 5.69 Å². The number of amides is 1. The SMILES string of the molecule is O=C(Nc1ccc(F)c(F)c1)c1c[nH]c(=O)n(-c2ccccc2)c1=O. The van der Waals surface area contributed by atoms with Crippen molar-refractivity contribution >= 4 is 11.6 Å². The molecular formula is C17H11F2N3O3. The lowest BCUT2D eigenvalue weighted by Gasteiger charge is -2.08. The molecule has 8 heteroatoms. The van der Waals surface area contributed by atoms with Gasteiger partial charge < -0.3 is 10.3 Å². The molecule has 3 rings (SSSR count). The molecule has 0 aliphatic rings. The third-order valence-corrected chi connectivity index (χ3v) is 3.41. The number of H-pyrrole nitrogens is 1. The van der Waals surface area contributed by atoms with E-state index in [9.17, 15) is 23.2 Å². The number of hydrogen-bond acceptors (Lipinski definition) is 3. The number of anilines is 1. The summed E-state index contributed by atoms with van der Waals surface area (Å²) in [5.74, 6) is -3.06. The molecule has 2 aromatic carbocycles. The zero-order valence-corrected chi connectivity index (χ0v) is 12.6. The van der Waals surface area contributed by atoms with E-state index in [0.29, 0.717) is 0 Å². The van der Waals surface area contributed by atoms with Crippen molar-refractivity contribution in [2.75, 3.05) is 5.32 Å². The Bertz CT molecular complexity index is 1060. The Morgan fingerprint density at radius 2 is 1.72 bits per heavy atom. The predicted molar refractivity (Wildman–Crippen MR) is 87.0 cm³/mol. The summed E-state index contributed by atoms with van der Waals surface area (Å²) in [4.78, 5) is 39.0. The third-order valence-electron chi connectivity index (χ3n) is 3.41. The Labute approximate surface area is 139 Å². The van der Waals surface area contributed by atoms with Gasteiger partial charge in [-0.1, -0.05) is 18.2 Å². The summed E-state index contributed by atoms with van der Waals surface area (Å²) in [6.07, 6.45) is 0.972. The van der Waals surface area contributed by atoms with E-state index in [1.165, 1.54) is 12.1 Å². The van der Waals surface area contributed by atoms with E-state index in [1.54, 1.807) is 18.2 Å². The molecule has 1 amide bonds. The molecule has 126 valence electrons. The van der Waals surface area contributed by atoms with Crippen LogP contribution in [0.2, 0.25) is 0 Å². The highest BCUT2D eigenvalue weighted by Crippen LogP contribution is 2.13. The second kappa shape index (κ2) is 6.52. The van der Waals surface area contributed by atoms with Crippen LogP contribution in [0.4, 0.5) is 14.5 Å². The Hall–Kier alpha value is -3.55. The molecule has 0 saturated carbocycles. The number of aromatic nitrogens is 2. The molecule has 0 spiro atoms. The minimum absolute atomic E-state index is 0.0271. The number of para-hydroxylation sites is 1. The summed E-state index contributed by atoms with van der Waals surface area (Å²) in [6, 6.07) is 10.8. The molecule has 0 saturated heterocycles. The first kappa shape index (κ1) is 16.3. The van der Waals surface area contributed by atoms with Gasteiger partial charge in [0.15, 0.2) is 11.6 Å². The Morgan fingerprint density at radius 3 is 2.40 bits per heavy atom. The summed E-state index contributed by atoms with van der Waals surface area (Å²) in [6.45, 7) is 0. The maximum Gasteiger partial charge on any atom is 0.333 e. The number of carbonyl (C=O) groups is 1. The minimum atomic E-state index is -1.14. The summed E-state index contributed by atoms with van der Waals surface area (Å²) >= 11 is 0. The molecule has 6 nitrogen and oxygen atoms in total. The lowest BCUT2D eigenvalue weighted by Crippen LogP contribution is -2.38. The highest BCUT2D eigenvalue weighted by Gasteiger charge is 2.16. The van der Waals surface area contributed by atoms with Gasteiger partial charge in [0.2, 0.25) is 0 Å². The van der Waals surface area contributed by atoms with Crippen molar-refractivity contribution in [1.82, 2.24) is 9.55 Å². The van der Waals surface area contributed by atoms with E-state index in [2.05, 4.69) is 10.3 Å². The molecule has 0 aliphatic heterocycles. The average Bonchev–Trinajstić information content (AvgIpc) is 2.59. The van der Waals surface area contributed by atoms with Crippen LogP contribution in [0.5, 0.6) is 0 Å². The van der Waals surface area contributed by atoms with Crippen molar-refractivity contribution in [1.29, 1.82) is 0 Å². The maximum absolute atomic E-state index is 13.2. The number of halogens is 2. The van der Waals surface area contributed by atoms with Crippen molar-refractivity contribution in [3.05, 3.63) is 92.8 Å². The fraction of sp³-hybridized carbons (Fsp3) is 0. The van der Waals surface area contributed by atoms with Crippen LogP contribution in [0.1, 0.15) is 10.4 Å². The number of aromatic amines is 1. The molecule has 25 heavy (non-hydrogen) atoms. The normalized spacial score (nSPS) is 10.5. The number of benzene rings is 2. The minimum Gasteiger partial charge on any atom is -0.322 e. The molecule has 2 N–H and O–H groups in total. The first-order chi connectivity index (χ1) is 12.0. The molecule has 1 aromatic heterocycles. The van der Waals surface area contributed by atoms with Crippen LogP contribution in [0.3, 0.4) is 0 Å². The van der Waals surface area contributed by atoms with Gasteiger partial charge in [-0.3, -0.25) is 9.59 Å². The van der Waals surface area contributed by atoms with Gasteiger partial charge in [-0.05, 0) is 24.3 Å². The van der Waals surface area contributed by atoms with Gasteiger partial charge in [0.1, 0.15) is 5.56 Å². The smallest absolute Gasteiger partial charge is 0.322 e. The van der Waals surface area contributed by atoms with E-state index in [4.69, 9.17) is 0 Å². The zero-order valence-electron chi connectivity index (χ0n) is 12.6. The Balaban J connectivity index is 2.00. The fourth-order valence-corrected chi connectivity index (χ4v) is 2.22. The molecule has 0 unspecified atom stereocenters. The number of carbonyl (C=O) groups excluding carboxylic acids is 1. The zero-order chi connectivity index (χ0) is 18.0. The first-order valence-corrected chi connectivity index (χ1v) is 7.14. The number of hydrogen-bond donors (Lipinski definition) is 2. The lowest BCUT2D eigenvalue weighted by molar-refractivity contribution is 0.102. The molecule has 0 fully saturated rings. The van der Waals surface area contributed by atoms with Gasteiger partial charge in [-0.25, -0.2) is 18.1 Å². The van der Waals surface area contributed by atoms with Crippen molar-refractivity contribution in [2.45, 2.75) is 0 Å². The average molecular weight is 343 g/mol. The van der Waals surface area contributed by atoms with Gasteiger partial charge in [-0.2, -0.15) is 0 Å². The monoisotopic (exact) mass is 343 g/mol. The summed E-state index contributed by atoms with van der Waals surface area (Å²) < 4.78 is 26.9. The van der Waals surface area contributed by atoms with Gasteiger partial charge in [-0.15, -0.1) is 0 Å². The second-order valence-corrected chi connectivity index (χ2v) is 5.07. The van der Waals surface area contributed by atoms with Crippen molar-refractivity contribution in [3.63, 3.8) is 0 Å². The van der Waals surface area contributed by atoms with Crippen LogP contribution in [0.25, 0.3) is 5.69 Å². The third kappa shape index (κ3) is 3.23. The predicted octanol–water partition coefficient (Wildman–Crippen LogP) is 2.06. The van der Waals surface area contributed by atoms with Crippen LogP contribution in [-0.4, -0.2) is 15.5 Å². The van der Waals surface area contributed by atoms with Crippen molar-refractivity contribution in [3.8, 4) is 5.69 Å². The second-order valence-electron chi connectivity index (χ2n) is 5.07. The topological polar surface area (TPSA) is 84.0 Å². The quantitative estimate of drug-likeness (QED) is 0.763. The molecule has 3 aromatic rings. The van der Waals surface area contributed by atoms with E-state index < -0.39 is 28.8 Å². The molecule has 0 radical (unpaired) electrons. The molecular weight excluding hydrogens is 332 g/mol. The highest BCUT2D eigenvalue weighted by molar-refractivity contribution is 6.03. The summed E-state index contributed by atoms with van der Waals surface area (Å²) in [7, 11) is 0. The summed E-state index contributed by atoms with van der Waals surface area (Å²) in [5.41, 5.74) is -1.64. The van der Waals surface area contributed by atoms with Gasteiger partial charge in [0.25, 0.3) is 11.5 Å². The van der Waals surface area contributed by atoms with Crippen molar-refractivity contribution < 1.29 is 13.6 Å². The molecule has 0 aliphatic carbocycles. The number of rotatable bonds is 3. The number of nitrogens with one attached hydrogen (secondary N) is 2. The molecule has 0 atom stereocenters. The van der Waals surface area contributed by atoms with Crippen LogP contribution in [0, 0.1) is 11.6 Å². The Kier molecular flexibility index (Phi) is 4.25. The molecule has 0 bridgehead atoms. The lowest BCUT2D eigenvalue weighted by atomic mass is 10.2. The standard InChI is InChI=1S/C17H11F2N3O3/c18-13-7-6-10(8-14(13)19)21-15(23)12-9-20-17(25)22(16(12)24)11-4-2-1-3-5-11/h1-9H,(H,20,25)(H,21,23). The van der Waals surface area contributed by atoms with Crippen LogP contribution in [-0.2, 0) is 0 Å². The van der Waals surface area contributed by atoms with E-state index in [0.717, 1.165) is 29.0 Å². The fourth-order valence-electron chi connectivity index (χ4n) is 2.22. The maximum atomic E-state index is 13.2. The van der Waals surface area contributed by atoms with Gasteiger partial charge in [0, 0.05) is 18.0 Å². The van der Waals surface area contributed by atoms with Crippen LogP contribution >= 0.6 is 0 Å². The highest BCUT2D eigenvalue weighted by atomic mass is 19.2. The summed E-state index contributed by atoms with van der Waals surface area (Å²) in [5, 5.41) is 2.28. The molecule has 1 heterocycles. The van der Waals surface area contributed by atoms with E-state index in [1.807, 2.05) is 0 Å². The largest absolute Gasteiger partial charge is 0.333 e.